The summed E-state index contributed by atoms with van der Waals surface area (Å²) in [4.78, 5) is 2.20. The lowest BCUT2D eigenvalue weighted by Crippen LogP contribution is -2.51. The monoisotopic (exact) mass is 228 g/mol. The number of hydrogen-bond acceptors (Lipinski definition) is 1. The van der Waals surface area contributed by atoms with Crippen molar-refractivity contribution in [3.8, 4) is 0 Å². The van der Waals surface area contributed by atoms with Gasteiger partial charge in [0.1, 0.15) is 0 Å². The van der Waals surface area contributed by atoms with Crippen molar-refractivity contribution in [3.63, 3.8) is 0 Å². The average Bonchev–Trinajstić information content (AvgIpc) is 2.69. The van der Waals surface area contributed by atoms with E-state index in [9.17, 15) is 0 Å². The van der Waals surface area contributed by atoms with E-state index in [2.05, 4.69) is 38.0 Å². The quantitative estimate of drug-likeness (QED) is 0.748. The first-order valence-electron chi connectivity index (χ1n) is 6.01. The summed E-state index contributed by atoms with van der Waals surface area (Å²) in [7, 11) is 2.09. The smallest absolute Gasteiger partial charge is 0.169 e. The summed E-state index contributed by atoms with van der Waals surface area (Å²) in [6.07, 6.45) is 6.36. The van der Waals surface area contributed by atoms with E-state index in [1.807, 2.05) is 0 Å². The van der Waals surface area contributed by atoms with Gasteiger partial charge in [0.15, 0.2) is 5.11 Å². The van der Waals surface area contributed by atoms with Crippen LogP contribution in [-0.4, -0.2) is 28.6 Å². The molecule has 1 saturated carbocycles. The van der Waals surface area contributed by atoms with E-state index in [1.54, 1.807) is 0 Å². The molecule has 0 atom stereocenters. The Bertz CT molecular complexity index is 220. The average molecular weight is 228 g/mol. The maximum Gasteiger partial charge on any atom is 0.169 e. The molecule has 1 aliphatic carbocycles. The van der Waals surface area contributed by atoms with Gasteiger partial charge in [0.25, 0.3) is 0 Å². The SMILES string of the molecule is CCC(C)(C)N(C)C(=S)NC1CCCC1. The van der Waals surface area contributed by atoms with Crippen LogP contribution in [0, 0.1) is 0 Å². The second kappa shape index (κ2) is 5.15. The number of rotatable bonds is 3. The zero-order valence-corrected chi connectivity index (χ0v) is 11.3. The van der Waals surface area contributed by atoms with Crippen molar-refractivity contribution in [2.75, 3.05) is 7.05 Å². The van der Waals surface area contributed by atoms with E-state index < -0.39 is 0 Å². The second-order valence-electron chi connectivity index (χ2n) is 5.16. The molecule has 0 aromatic heterocycles. The summed E-state index contributed by atoms with van der Waals surface area (Å²) in [5.41, 5.74) is 0.155. The first-order chi connectivity index (χ1) is 6.97. The molecule has 0 aromatic rings. The lowest BCUT2D eigenvalue weighted by molar-refractivity contribution is 0.241. The maximum absolute atomic E-state index is 5.44. The predicted molar refractivity (Wildman–Crippen MR) is 70.1 cm³/mol. The van der Waals surface area contributed by atoms with Crippen molar-refractivity contribution < 1.29 is 0 Å². The van der Waals surface area contributed by atoms with Gasteiger partial charge in [-0.25, -0.2) is 0 Å². The van der Waals surface area contributed by atoms with Crippen LogP contribution in [0.4, 0.5) is 0 Å². The van der Waals surface area contributed by atoms with E-state index in [-0.39, 0.29) is 5.54 Å². The Kier molecular flexibility index (Phi) is 4.38. The van der Waals surface area contributed by atoms with Gasteiger partial charge in [0, 0.05) is 18.6 Å². The van der Waals surface area contributed by atoms with Gasteiger partial charge in [-0.05, 0) is 45.3 Å². The van der Waals surface area contributed by atoms with E-state index in [0.717, 1.165) is 11.5 Å². The van der Waals surface area contributed by atoms with Crippen LogP contribution in [0.3, 0.4) is 0 Å². The summed E-state index contributed by atoms with van der Waals surface area (Å²) >= 11 is 5.44. The fraction of sp³-hybridized carbons (Fsp3) is 0.917. The topological polar surface area (TPSA) is 15.3 Å². The first kappa shape index (κ1) is 12.8. The fourth-order valence-electron chi connectivity index (χ4n) is 1.85. The lowest BCUT2D eigenvalue weighted by Gasteiger charge is -2.37. The van der Waals surface area contributed by atoms with Crippen LogP contribution in [0.2, 0.25) is 0 Å². The standard InChI is InChI=1S/C12H24N2S/c1-5-12(2,3)14(4)11(15)13-10-8-6-7-9-10/h10H,5-9H2,1-4H3,(H,13,15). The van der Waals surface area contributed by atoms with Crippen molar-refractivity contribution in [1.29, 1.82) is 0 Å². The molecule has 0 aliphatic heterocycles. The van der Waals surface area contributed by atoms with E-state index in [0.29, 0.717) is 6.04 Å². The maximum atomic E-state index is 5.44. The Morgan fingerprint density at radius 1 is 1.40 bits per heavy atom. The Morgan fingerprint density at radius 2 is 1.93 bits per heavy atom. The molecule has 0 heterocycles. The van der Waals surface area contributed by atoms with Crippen molar-refractivity contribution in [2.45, 2.75) is 64.5 Å². The zero-order valence-electron chi connectivity index (χ0n) is 10.5. The Hall–Kier alpha value is -0.310. The van der Waals surface area contributed by atoms with E-state index in [4.69, 9.17) is 12.2 Å². The zero-order chi connectivity index (χ0) is 11.5. The minimum atomic E-state index is 0.155. The minimum absolute atomic E-state index is 0.155. The molecular formula is C12H24N2S. The molecule has 0 saturated heterocycles. The molecule has 0 amide bonds. The third-order valence-corrected chi connectivity index (χ3v) is 4.15. The first-order valence-corrected chi connectivity index (χ1v) is 6.42. The Labute approximate surface area is 99.4 Å². The van der Waals surface area contributed by atoms with Gasteiger partial charge in [0.2, 0.25) is 0 Å². The van der Waals surface area contributed by atoms with Crippen molar-refractivity contribution in [1.82, 2.24) is 10.2 Å². The molecule has 3 heteroatoms. The molecule has 0 bridgehead atoms. The highest BCUT2D eigenvalue weighted by Gasteiger charge is 2.25. The molecule has 0 radical (unpaired) electrons. The fourth-order valence-corrected chi connectivity index (χ4v) is 2.27. The minimum Gasteiger partial charge on any atom is -0.360 e. The van der Waals surface area contributed by atoms with E-state index in [1.165, 1.54) is 25.7 Å². The van der Waals surface area contributed by atoms with Gasteiger partial charge >= 0.3 is 0 Å². The third-order valence-electron chi connectivity index (χ3n) is 3.76. The Balaban J connectivity index is 2.45. The number of nitrogens with one attached hydrogen (secondary N) is 1. The largest absolute Gasteiger partial charge is 0.360 e. The van der Waals surface area contributed by atoms with Crippen LogP contribution >= 0.6 is 12.2 Å². The van der Waals surface area contributed by atoms with Crippen LogP contribution in [0.5, 0.6) is 0 Å². The highest BCUT2D eigenvalue weighted by molar-refractivity contribution is 7.80. The van der Waals surface area contributed by atoms with Crippen LogP contribution in [-0.2, 0) is 0 Å². The van der Waals surface area contributed by atoms with E-state index >= 15 is 0 Å². The highest BCUT2D eigenvalue weighted by atomic mass is 32.1. The lowest BCUT2D eigenvalue weighted by atomic mass is 10.0. The summed E-state index contributed by atoms with van der Waals surface area (Å²) in [6.45, 7) is 6.67. The molecule has 15 heavy (non-hydrogen) atoms. The second-order valence-corrected chi connectivity index (χ2v) is 5.54. The third kappa shape index (κ3) is 3.33. The molecule has 0 aromatic carbocycles. The number of hydrogen-bond donors (Lipinski definition) is 1. The highest BCUT2D eigenvalue weighted by Crippen LogP contribution is 2.20. The van der Waals surface area contributed by atoms with Gasteiger partial charge in [-0.15, -0.1) is 0 Å². The molecule has 1 fully saturated rings. The summed E-state index contributed by atoms with van der Waals surface area (Å²) in [5.74, 6) is 0. The van der Waals surface area contributed by atoms with Crippen molar-refractivity contribution in [2.24, 2.45) is 0 Å². The Morgan fingerprint density at radius 3 is 2.40 bits per heavy atom. The number of nitrogens with zero attached hydrogens (tertiary/aromatic N) is 1. The van der Waals surface area contributed by atoms with Gasteiger partial charge in [0.05, 0.1) is 0 Å². The van der Waals surface area contributed by atoms with Crippen LogP contribution < -0.4 is 5.32 Å². The molecule has 2 nitrogen and oxygen atoms in total. The molecule has 1 aliphatic rings. The van der Waals surface area contributed by atoms with Gasteiger partial charge < -0.3 is 10.2 Å². The van der Waals surface area contributed by atoms with Crippen molar-refractivity contribution >= 4 is 17.3 Å². The van der Waals surface area contributed by atoms with Gasteiger partial charge in [-0.1, -0.05) is 19.8 Å². The molecule has 0 spiro atoms. The van der Waals surface area contributed by atoms with Gasteiger partial charge in [-0.2, -0.15) is 0 Å². The normalized spacial score (nSPS) is 17.9. The molecule has 88 valence electrons. The van der Waals surface area contributed by atoms with Crippen LogP contribution in [0.15, 0.2) is 0 Å². The van der Waals surface area contributed by atoms with Crippen LogP contribution in [0.25, 0.3) is 0 Å². The summed E-state index contributed by atoms with van der Waals surface area (Å²) in [5, 5.41) is 4.39. The van der Waals surface area contributed by atoms with Crippen molar-refractivity contribution in [3.05, 3.63) is 0 Å². The molecule has 0 unspecified atom stereocenters. The van der Waals surface area contributed by atoms with Gasteiger partial charge in [-0.3, -0.25) is 0 Å². The predicted octanol–water partition coefficient (Wildman–Crippen LogP) is 2.92. The molecule has 1 N–H and O–H groups in total. The van der Waals surface area contributed by atoms with Crippen LogP contribution in [0.1, 0.15) is 52.9 Å². The molecular weight excluding hydrogens is 204 g/mol. The number of thiocarbonyl (C=S) groups is 1. The molecule has 1 rings (SSSR count). The summed E-state index contributed by atoms with van der Waals surface area (Å²) < 4.78 is 0. The summed E-state index contributed by atoms with van der Waals surface area (Å²) in [6, 6.07) is 0.618.